The number of hydrogen-bond donors (Lipinski definition) is 0. The van der Waals surface area contributed by atoms with Crippen LogP contribution in [0.3, 0.4) is 0 Å². The molecule has 0 saturated carbocycles. The number of nitrogens with zero attached hydrogens (tertiary/aromatic N) is 3. The molecule has 33 heavy (non-hydrogen) atoms. The molecule has 0 aromatic heterocycles. The first-order chi connectivity index (χ1) is 16.1. The summed E-state index contributed by atoms with van der Waals surface area (Å²) >= 11 is 1.31. The smallest absolute Gasteiger partial charge is 0.250 e. The number of amides is 3. The van der Waals surface area contributed by atoms with Crippen LogP contribution < -0.4 is 4.90 Å². The van der Waals surface area contributed by atoms with Gasteiger partial charge in [-0.3, -0.25) is 14.4 Å². The summed E-state index contributed by atoms with van der Waals surface area (Å²) in [6.07, 6.45) is 4.83. The highest BCUT2D eigenvalue weighted by Gasteiger charge is 2.41. The molecular formula is C26H27N3O3S. The number of fused-ring (bicyclic) bond motifs is 1. The fourth-order valence-electron chi connectivity index (χ4n) is 4.69. The van der Waals surface area contributed by atoms with Gasteiger partial charge in [-0.2, -0.15) is 0 Å². The summed E-state index contributed by atoms with van der Waals surface area (Å²) in [6, 6.07) is 17.7. The van der Waals surface area contributed by atoms with Gasteiger partial charge in [0.05, 0.1) is 5.69 Å². The van der Waals surface area contributed by atoms with Crippen LogP contribution in [0.15, 0.2) is 65.6 Å². The number of para-hydroxylation sites is 1. The van der Waals surface area contributed by atoms with Gasteiger partial charge in [0, 0.05) is 31.1 Å². The number of rotatable bonds is 4. The average molecular weight is 462 g/mol. The predicted molar refractivity (Wildman–Crippen MR) is 130 cm³/mol. The molecule has 0 aliphatic carbocycles. The fraction of sp³-hybridized carbons (Fsp3) is 0.346. The van der Waals surface area contributed by atoms with Crippen molar-refractivity contribution in [3.63, 3.8) is 0 Å². The first kappa shape index (κ1) is 21.8. The van der Waals surface area contributed by atoms with Gasteiger partial charge in [0.1, 0.15) is 6.54 Å². The average Bonchev–Trinajstić information content (AvgIpc) is 3.41. The van der Waals surface area contributed by atoms with Crippen LogP contribution in [-0.2, 0) is 14.4 Å². The Morgan fingerprint density at radius 1 is 0.909 bits per heavy atom. The quantitative estimate of drug-likeness (QED) is 0.655. The van der Waals surface area contributed by atoms with Crippen molar-refractivity contribution in [3.05, 3.63) is 66.2 Å². The van der Waals surface area contributed by atoms with Crippen molar-refractivity contribution >= 4 is 40.7 Å². The second-order valence-corrected chi connectivity index (χ2v) is 9.75. The molecule has 1 saturated heterocycles. The molecule has 3 aliphatic heterocycles. The molecule has 3 amide bonds. The molecule has 3 heterocycles. The normalized spacial score (nSPS) is 20.5. The molecule has 0 bridgehead atoms. The largest absolute Gasteiger partial charge is 0.341 e. The van der Waals surface area contributed by atoms with Crippen molar-refractivity contribution in [2.45, 2.75) is 29.4 Å². The lowest BCUT2D eigenvalue weighted by Crippen LogP contribution is -2.52. The van der Waals surface area contributed by atoms with Gasteiger partial charge >= 0.3 is 0 Å². The monoisotopic (exact) mass is 461 g/mol. The molecule has 7 heteroatoms. The van der Waals surface area contributed by atoms with E-state index in [-0.39, 0.29) is 24.3 Å². The van der Waals surface area contributed by atoms with E-state index in [4.69, 9.17) is 0 Å². The molecule has 1 fully saturated rings. The highest BCUT2D eigenvalue weighted by molar-refractivity contribution is 8.01. The summed E-state index contributed by atoms with van der Waals surface area (Å²) in [7, 11) is 0. The second-order valence-electron chi connectivity index (χ2n) is 8.61. The number of likely N-dealkylation sites (tertiary alicyclic amines) is 1. The van der Waals surface area contributed by atoms with Crippen molar-refractivity contribution in [3.8, 4) is 0 Å². The van der Waals surface area contributed by atoms with Crippen molar-refractivity contribution in [2.75, 3.05) is 37.6 Å². The van der Waals surface area contributed by atoms with Crippen LogP contribution in [0, 0.1) is 0 Å². The van der Waals surface area contributed by atoms with Gasteiger partial charge in [-0.25, -0.2) is 0 Å². The maximum Gasteiger partial charge on any atom is 0.250 e. The molecule has 1 atom stereocenters. The molecule has 0 unspecified atom stereocenters. The highest BCUT2D eigenvalue weighted by atomic mass is 32.2. The molecule has 2 aromatic rings. The number of carbonyl (C=O) groups is 3. The molecule has 6 nitrogen and oxygen atoms in total. The van der Waals surface area contributed by atoms with Gasteiger partial charge in [-0.1, -0.05) is 48.5 Å². The van der Waals surface area contributed by atoms with Crippen molar-refractivity contribution in [1.29, 1.82) is 0 Å². The number of hydrogen-bond acceptors (Lipinski definition) is 4. The Balaban J connectivity index is 1.32. The molecule has 0 N–H and O–H groups in total. The van der Waals surface area contributed by atoms with Crippen molar-refractivity contribution in [2.24, 2.45) is 0 Å². The van der Waals surface area contributed by atoms with E-state index in [1.54, 1.807) is 9.80 Å². The Bertz CT molecular complexity index is 1090. The third kappa shape index (κ3) is 4.42. The standard InChI is InChI=1S/C26H27N3O3S/c30-23(27-16-12-20(13-17-27)19-8-2-1-3-9-19)18-29-21-10-4-5-11-22(21)33-24(26(29)32)25(31)28-14-6-7-15-28/h1-5,8-12,24H,6-7,13-18H2/t24-/m0/s1. The summed E-state index contributed by atoms with van der Waals surface area (Å²) in [5.74, 6) is -0.523. The lowest BCUT2D eigenvalue weighted by atomic mass is 9.99. The number of benzene rings is 2. The zero-order chi connectivity index (χ0) is 22.8. The van der Waals surface area contributed by atoms with Gasteiger partial charge in [0.15, 0.2) is 5.25 Å². The number of thioether (sulfide) groups is 1. The van der Waals surface area contributed by atoms with Gasteiger partial charge < -0.3 is 14.7 Å². The minimum atomic E-state index is -0.822. The zero-order valence-corrected chi connectivity index (χ0v) is 19.3. The topological polar surface area (TPSA) is 60.9 Å². The first-order valence-electron chi connectivity index (χ1n) is 11.5. The van der Waals surface area contributed by atoms with E-state index in [0.29, 0.717) is 31.9 Å². The lowest BCUT2D eigenvalue weighted by molar-refractivity contribution is -0.135. The van der Waals surface area contributed by atoms with Crippen LogP contribution >= 0.6 is 11.8 Å². The minimum Gasteiger partial charge on any atom is -0.341 e. The van der Waals surface area contributed by atoms with Crippen LogP contribution in [0.25, 0.3) is 5.57 Å². The number of anilines is 1. The molecular weight excluding hydrogens is 434 g/mol. The second kappa shape index (κ2) is 9.43. The lowest BCUT2D eigenvalue weighted by Gasteiger charge is -2.35. The summed E-state index contributed by atoms with van der Waals surface area (Å²) in [5, 5.41) is -0.822. The molecule has 5 rings (SSSR count). The van der Waals surface area contributed by atoms with E-state index in [9.17, 15) is 14.4 Å². The highest BCUT2D eigenvalue weighted by Crippen LogP contribution is 2.40. The van der Waals surface area contributed by atoms with E-state index >= 15 is 0 Å². The molecule has 0 spiro atoms. The third-order valence-electron chi connectivity index (χ3n) is 6.53. The maximum absolute atomic E-state index is 13.4. The first-order valence-corrected chi connectivity index (χ1v) is 12.4. The summed E-state index contributed by atoms with van der Waals surface area (Å²) < 4.78 is 0. The SMILES string of the molecule is O=C(CN1C(=O)[C@H](C(=O)N2CCCC2)Sc2ccccc21)N1CC=C(c2ccccc2)CC1. The van der Waals surface area contributed by atoms with Crippen molar-refractivity contribution < 1.29 is 14.4 Å². The Kier molecular flexibility index (Phi) is 6.22. The Labute approximate surface area is 198 Å². The van der Waals surface area contributed by atoms with Crippen LogP contribution in [0.1, 0.15) is 24.8 Å². The van der Waals surface area contributed by atoms with Gasteiger partial charge in [-0.05, 0) is 42.5 Å². The Morgan fingerprint density at radius 2 is 1.64 bits per heavy atom. The molecule has 3 aliphatic rings. The predicted octanol–water partition coefficient (Wildman–Crippen LogP) is 3.43. The zero-order valence-electron chi connectivity index (χ0n) is 18.5. The number of carbonyl (C=O) groups excluding carboxylic acids is 3. The molecule has 0 radical (unpaired) electrons. The van der Waals surface area contributed by atoms with E-state index in [1.165, 1.54) is 27.8 Å². The van der Waals surface area contributed by atoms with E-state index in [1.807, 2.05) is 42.5 Å². The Hall–Kier alpha value is -3.06. The maximum atomic E-state index is 13.4. The molecule has 2 aromatic carbocycles. The third-order valence-corrected chi connectivity index (χ3v) is 7.77. The Morgan fingerprint density at radius 3 is 2.36 bits per heavy atom. The van der Waals surface area contributed by atoms with Crippen LogP contribution in [-0.4, -0.2) is 65.5 Å². The van der Waals surface area contributed by atoms with Crippen LogP contribution in [0.4, 0.5) is 5.69 Å². The van der Waals surface area contributed by atoms with E-state index in [2.05, 4.69) is 18.2 Å². The van der Waals surface area contributed by atoms with Crippen LogP contribution in [0.5, 0.6) is 0 Å². The van der Waals surface area contributed by atoms with Gasteiger partial charge in [0.25, 0.3) is 5.91 Å². The van der Waals surface area contributed by atoms with Crippen LogP contribution in [0.2, 0.25) is 0 Å². The van der Waals surface area contributed by atoms with E-state index < -0.39 is 5.25 Å². The fourth-order valence-corrected chi connectivity index (χ4v) is 5.87. The summed E-state index contributed by atoms with van der Waals surface area (Å²) in [4.78, 5) is 45.7. The van der Waals surface area contributed by atoms with Gasteiger partial charge in [-0.15, -0.1) is 11.8 Å². The van der Waals surface area contributed by atoms with Crippen molar-refractivity contribution in [1.82, 2.24) is 9.80 Å². The minimum absolute atomic E-state index is 0.0469. The summed E-state index contributed by atoms with van der Waals surface area (Å²) in [6.45, 7) is 2.50. The van der Waals surface area contributed by atoms with E-state index in [0.717, 1.165) is 24.2 Å². The molecule has 170 valence electrons. The summed E-state index contributed by atoms with van der Waals surface area (Å²) in [5.41, 5.74) is 3.14. The van der Waals surface area contributed by atoms with Gasteiger partial charge in [0.2, 0.25) is 11.8 Å².